The van der Waals surface area contributed by atoms with Crippen LogP contribution in [0.2, 0.25) is 0 Å². The summed E-state index contributed by atoms with van der Waals surface area (Å²) in [6, 6.07) is 8.31. The van der Waals surface area contributed by atoms with Crippen LogP contribution in [0.25, 0.3) is 10.8 Å². The molecule has 0 aromatic heterocycles. The molecule has 0 heterocycles. The van der Waals surface area contributed by atoms with Crippen LogP contribution in [0, 0.1) is 22.0 Å². The largest absolute Gasteiger partial charge is 0.425 e. The van der Waals surface area contributed by atoms with E-state index < -0.39 is 4.92 Å². The van der Waals surface area contributed by atoms with Crippen LogP contribution in [0.5, 0.6) is 5.75 Å². The van der Waals surface area contributed by atoms with Gasteiger partial charge in [-0.25, -0.2) is 0 Å². The predicted octanol–water partition coefficient (Wildman–Crippen LogP) is 5.75. The molecule has 1 N–H and O–H groups in total. The van der Waals surface area contributed by atoms with Gasteiger partial charge in [0.15, 0.2) is 0 Å². The fourth-order valence-electron chi connectivity index (χ4n) is 4.81. The fourth-order valence-corrected chi connectivity index (χ4v) is 4.81. The molecule has 0 saturated heterocycles. The highest BCUT2D eigenvalue weighted by molar-refractivity contribution is 6.09. The topological polar surface area (TPSA) is 98.5 Å². The Morgan fingerprint density at radius 1 is 0.903 bits per heavy atom. The Labute approximate surface area is 181 Å². The van der Waals surface area contributed by atoms with Gasteiger partial charge in [-0.2, -0.15) is 0 Å². The number of carbonyl (C=O) groups is 2. The Morgan fingerprint density at radius 3 is 2.10 bits per heavy atom. The van der Waals surface area contributed by atoms with Gasteiger partial charge >= 0.3 is 5.97 Å². The lowest BCUT2D eigenvalue weighted by Crippen LogP contribution is -2.25. The molecule has 2 aliphatic carbocycles. The first-order valence-corrected chi connectivity index (χ1v) is 11.3. The Hall–Kier alpha value is -2.96. The number of hydrogen-bond acceptors (Lipinski definition) is 5. The van der Waals surface area contributed by atoms with Crippen molar-refractivity contribution in [1.29, 1.82) is 0 Å². The van der Waals surface area contributed by atoms with Gasteiger partial charge in [0.2, 0.25) is 5.91 Å². The third-order valence-corrected chi connectivity index (χ3v) is 6.56. The number of nitrogens with zero attached hydrogens (tertiary/aromatic N) is 1. The van der Waals surface area contributed by atoms with E-state index in [4.69, 9.17) is 4.74 Å². The summed E-state index contributed by atoms with van der Waals surface area (Å²) in [5.74, 6) is -0.639. The minimum atomic E-state index is -0.527. The van der Waals surface area contributed by atoms with Gasteiger partial charge in [0.25, 0.3) is 5.69 Å². The van der Waals surface area contributed by atoms with Gasteiger partial charge < -0.3 is 10.1 Å². The van der Waals surface area contributed by atoms with Crippen LogP contribution in [0.3, 0.4) is 0 Å². The van der Waals surface area contributed by atoms with E-state index in [2.05, 4.69) is 5.32 Å². The number of nitrogens with one attached hydrogen (secondary N) is 1. The van der Waals surface area contributed by atoms with Crippen molar-refractivity contribution in [1.82, 2.24) is 0 Å². The molecule has 7 nitrogen and oxygen atoms in total. The van der Waals surface area contributed by atoms with Gasteiger partial charge in [-0.1, -0.05) is 62.8 Å². The molecule has 2 aromatic carbocycles. The first-order chi connectivity index (χ1) is 15.0. The third kappa shape index (κ3) is 4.70. The van der Waals surface area contributed by atoms with E-state index in [1.54, 1.807) is 24.3 Å². The second-order valence-electron chi connectivity index (χ2n) is 8.65. The second-order valence-corrected chi connectivity index (χ2v) is 8.65. The van der Waals surface area contributed by atoms with Crippen molar-refractivity contribution in [3.8, 4) is 5.75 Å². The Bertz CT molecular complexity index is 991. The van der Waals surface area contributed by atoms with Crippen molar-refractivity contribution in [3.05, 3.63) is 40.4 Å². The normalized spacial score (nSPS) is 17.9. The summed E-state index contributed by atoms with van der Waals surface area (Å²) in [6.07, 6.45) is 9.39. The van der Waals surface area contributed by atoms with Gasteiger partial charge in [-0.15, -0.1) is 0 Å². The van der Waals surface area contributed by atoms with Crippen molar-refractivity contribution >= 4 is 34.0 Å². The zero-order valence-electron chi connectivity index (χ0n) is 17.6. The number of fused-ring (bicyclic) bond motifs is 1. The molecule has 2 fully saturated rings. The average Bonchev–Trinajstić information content (AvgIpc) is 2.81. The van der Waals surface area contributed by atoms with E-state index in [9.17, 15) is 19.7 Å². The first kappa shape index (κ1) is 21.3. The van der Waals surface area contributed by atoms with E-state index in [0.717, 1.165) is 64.2 Å². The quantitative estimate of drug-likeness (QED) is 0.285. The number of hydrogen-bond donors (Lipinski definition) is 1. The molecule has 0 aliphatic heterocycles. The molecule has 0 unspecified atom stereocenters. The number of nitro benzene ring substituents is 1. The number of ether oxygens (including phenoxy) is 1. The smallest absolute Gasteiger partial charge is 0.314 e. The molecule has 2 aliphatic rings. The molecule has 0 spiro atoms. The average molecular weight is 424 g/mol. The van der Waals surface area contributed by atoms with Crippen molar-refractivity contribution < 1.29 is 19.2 Å². The van der Waals surface area contributed by atoms with Gasteiger partial charge in [0.05, 0.1) is 16.9 Å². The third-order valence-electron chi connectivity index (χ3n) is 6.56. The molecule has 7 heteroatoms. The Balaban J connectivity index is 1.69. The van der Waals surface area contributed by atoms with Crippen molar-refractivity contribution in [3.63, 3.8) is 0 Å². The first-order valence-electron chi connectivity index (χ1n) is 11.3. The molecule has 31 heavy (non-hydrogen) atoms. The molecular formula is C24H28N2O5. The zero-order valence-corrected chi connectivity index (χ0v) is 17.6. The number of rotatable bonds is 5. The molecule has 1 amide bonds. The van der Waals surface area contributed by atoms with E-state index in [1.807, 2.05) is 0 Å². The lowest BCUT2D eigenvalue weighted by molar-refractivity contribution is -0.383. The highest BCUT2D eigenvalue weighted by Gasteiger charge is 2.29. The summed E-state index contributed by atoms with van der Waals surface area (Å²) in [5, 5.41) is 15.8. The second kappa shape index (κ2) is 9.45. The maximum Gasteiger partial charge on any atom is 0.314 e. The van der Waals surface area contributed by atoms with Crippen LogP contribution in [0.1, 0.15) is 64.2 Å². The van der Waals surface area contributed by atoms with Crippen molar-refractivity contribution in [2.45, 2.75) is 64.2 Å². The standard InChI is InChI=1S/C24H28N2O5/c27-23(16-9-3-1-4-10-16)25-22-19-14-8-7-13-18(19)21(15-20(22)26(29)30)31-24(28)17-11-5-2-6-12-17/h7-8,13-17H,1-6,9-12H2,(H,25,27). The van der Waals surface area contributed by atoms with Crippen LogP contribution < -0.4 is 10.1 Å². The van der Waals surface area contributed by atoms with Crippen LogP contribution >= 0.6 is 0 Å². The molecule has 0 bridgehead atoms. The molecular weight excluding hydrogens is 396 g/mol. The lowest BCUT2D eigenvalue weighted by atomic mass is 9.88. The van der Waals surface area contributed by atoms with Crippen LogP contribution in [0.15, 0.2) is 30.3 Å². The molecule has 0 atom stereocenters. The van der Waals surface area contributed by atoms with E-state index in [-0.39, 0.29) is 40.8 Å². The number of carbonyl (C=O) groups excluding carboxylic acids is 2. The fraction of sp³-hybridized carbons (Fsp3) is 0.500. The molecule has 2 saturated carbocycles. The van der Waals surface area contributed by atoms with E-state index in [1.165, 1.54) is 6.07 Å². The number of amides is 1. The van der Waals surface area contributed by atoms with Gasteiger partial charge in [0, 0.05) is 16.7 Å². The minimum Gasteiger partial charge on any atom is -0.425 e. The van der Waals surface area contributed by atoms with Crippen LogP contribution in [-0.4, -0.2) is 16.8 Å². The maximum atomic E-state index is 12.8. The Kier molecular flexibility index (Phi) is 6.49. The van der Waals surface area contributed by atoms with Gasteiger partial charge in [-0.05, 0) is 25.7 Å². The summed E-state index contributed by atoms with van der Waals surface area (Å²) in [7, 11) is 0. The van der Waals surface area contributed by atoms with E-state index in [0.29, 0.717) is 10.8 Å². The Morgan fingerprint density at radius 2 is 1.48 bits per heavy atom. The number of esters is 1. The number of benzene rings is 2. The monoisotopic (exact) mass is 424 g/mol. The van der Waals surface area contributed by atoms with Gasteiger partial charge in [0.1, 0.15) is 11.4 Å². The summed E-state index contributed by atoms with van der Waals surface area (Å²) >= 11 is 0. The van der Waals surface area contributed by atoms with Crippen molar-refractivity contribution in [2.24, 2.45) is 11.8 Å². The lowest BCUT2D eigenvalue weighted by Gasteiger charge is -2.22. The van der Waals surface area contributed by atoms with Gasteiger partial charge in [-0.3, -0.25) is 19.7 Å². The van der Waals surface area contributed by atoms with E-state index >= 15 is 0 Å². The molecule has 2 aromatic rings. The number of nitro groups is 1. The summed E-state index contributed by atoms with van der Waals surface area (Å²) in [5.41, 5.74) is -0.0806. The highest BCUT2D eigenvalue weighted by Crippen LogP contribution is 2.41. The number of anilines is 1. The van der Waals surface area contributed by atoms with Crippen molar-refractivity contribution in [2.75, 3.05) is 5.32 Å². The molecule has 164 valence electrons. The summed E-state index contributed by atoms with van der Waals surface area (Å²) < 4.78 is 5.68. The van der Waals surface area contributed by atoms with Crippen LogP contribution in [-0.2, 0) is 9.59 Å². The molecule has 0 radical (unpaired) electrons. The minimum absolute atomic E-state index is 0.129. The molecule has 4 rings (SSSR count). The highest BCUT2D eigenvalue weighted by atomic mass is 16.6. The summed E-state index contributed by atoms with van der Waals surface area (Å²) in [6.45, 7) is 0. The maximum absolute atomic E-state index is 12.8. The SMILES string of the molecule is O=C(Nc1c([N+](=O)[O-])cc(OC(=O)C2CCCCC2)c2ccccc12)C1CCCCC1. The predicted molar refractivity (Wildman–Crippen MR) is 118 cm³/mol. The van der Waals surface area contributed by atoms with Crippen LogP contribution in [0.4, 0.5) is 11.4 Å². The zero-order chi connectivity index (χ0) is 21.8. The summed E-state index contributed by atoms with van der Waals surface area (Å²) in [4.78, 5) is 36.9.